The predicted octanol–water partition coefficient (Wildman–Crippen LogP) is 1.37. The summed E-state index contributed by atoms with van der Waals surface area (Å²) in [5.41, 5.74) is 1.36. The van der Waals surface area contributed by atoms with E-state index in [1.54, 1.807) is 32.0 Å². The second kappa shape index (κ2) is 6.71. The van der Waals surface area contributed by atoms with Crippen LogP contribution in [-0.2, 0) is 10.0 Å². The minimum atomic E-state index is -3.53. The molecular formula is C14H19NO3S. The molecule has 1 aromatic rings. The lowest BCUT2D eigenvalue weighted by Crippen LogP contribution is -2.31. The molecule has 0 saturated carbocycles. The molecule has 4 nitrogen and oxygen atoms in total. The molecule has 0 radical (unpaired) electrons. The van der Waals surface area contributed by atoms with Crippen molar-refractivity contribution in [2.24, 2.45) is 0 Å². The van der Waals surface area contributed by atoms with Gasteiger partial charge in [0.15, 0.2) is 0 Å². The topological polar surface area (TPSA) is 57.6 Å². The van der Waals surface area contributed by atoms with Gasteiger partial charge < -0.3 is 5.11 Å². The molecule has 0 fully saturated rings. The fraction of sp³-hybridized carbons (Fsp3) is 0.429. The lowest BCUT2D eigenvalue weighted by Gasteiger charge is -2.19. The molecule has 0 aliphatic heterocycles. The minimum Gasteiger partial charge on any atom is -0.384 e. The lowest BCUT2D eigenvalue weighted by molar-refractivity contribution is 0.350. The first-order valence-electron chi connectivity index (χ1n) is 6.17. The molecule has 0 bridgehead atoms. The third-order valence-corrected chi connectivity index (χ3v) is 4.87. The van der Waals surface area contributed by atoms with E-state index in [1.165, 1.54) is 4.31 Å². The molecule has 5 heteroatoms. The third-order valence-electron chi connectivity index (χ3n) is 2.76. The smallest absolute Gasteiger partial charge is 0.244 e. The van der Waals surface area contributed by atoms with Crippen LogP contribution in [0.3, 0.4) is 0 Å². The van der Waals surface area contributed by atoms with E-state index >= 15 is 0 Å². The van der Waals surface area contributed by atoms with Crippen molar-refractivity contribution in [2.45, 2.75) is 25.7 Å². The van der Waals surface area contributed by atoms with E-state index in [9.17, 15) is 8.42 Å². The van der Waals surface area contributed by atoms with E-state index in [0.29, 0.717) is 18.7 Å². The number of benzene rings is 1. The molecule has 0 unspecified atom stereocenters. The van der Waals surface area contributed by atoms with Crippen molar-refractivity contribution in [3.8, 4) is 11.8 Å². The Labute approximate surface area is 115 Å². The molecule has 1 aromatic carbocycles. The maximum atomic E-state index is 12.5. The van der Waals surface area contributed by atoms with Crippen LogP contribution in [0.5, 0.6) is 0 Å². The van der Waals surface area contributed by atoms with E-state index in [1.807, 2.05) is 6.92 Å². The zero-order valence-electron chi connectivity index (χ0n) is 11.5. The van der Waals surface area contributed by atoms with Crippen molar-refractivity contribution in [1.29, 1.82) is 0 Å². The highest BCUT2D eigenvalue weighted by molar-refractivity contribution is 7.89. The zero-order chi connectivity index (χ0) is 14.5. The van der Waals surface area contributed by atoms with Crippen LogP contribution in [0.4, 0.5) is 0 Å². The standard InChI is InChI=1S/C14H19NO3S/c1-4-15(5-2)19(17,18)14-9-8-12(3)11-13(14)7-6-10-16/h8-9,11,16H,4-5,10H2,1-3H3. The average Bonchev–Trinajstić information content (AvgIpc) is 2.37. The second-order valence-electron chi connectivity index (χ2n) is 4.05. The van der Waals surface area contributed by atoms with Crippen LogP contribution in [0.15, 0.2) is 23.1 Å². The van der Waals surface area contributed by atoms with Crippen LogP contribution in [-0.4, -0.2) is 37.5 Å². The van der Waals surface area contributed by atoms with Crippen LogP contribution in [0.2, 0.25) is 0 Å². The first-order valence-corrected chi connectivity index (χ1v) is 7.61. The number of hydrogen-bond donors (Lipinski definition) is 1. The molecule has 0 amide bonds. The molecule has 0 aliphatic rings. The number of sulfonamides is 1. The second-order valence-corrected chi connectivity index (χ2v) is 5.96. The van der Waals surface area contributed by atoms with Crippen molar-refractivity contribution >= 4 is 10.0 Å². The zero-order valence-corrected chi connectivity index (χ0v) is 12.3. The number of nitrogens with zero attached hydrogens (tertiary/aromatic N) is 1. The summed E-state index contributed by atoms with van der Waals surface area (Å²) >= 11 is 0. The highest BCUT2D eigenvalue weighted by Gasteiger charge is 2.24. The van der Waals surface area contributed by atoms with Gasteiger partial charge in [0.25, 0.3) is 0 Å². The molecular weight excluding hydrogens is 262 g/mol. The molecule has 1 rings (SSSR count). The Morgan fingerprint density at radius 1 is 1.26 bits per heavy atom. The fourth-order valence-electron chi connectivity index (χ4n) is 1.80. The molecule has 0 aromatic heterocycles. The Morgan fingerprint density at radius 3 is 2.42 bits per heavy atom. The van der Waals surface area contributed by atoms with E-state index < -0.39 is 10.0 Å². The average molecular weight is 281 g/mol. The lowest BCUT2D eigenvalue weighted by atomic mass is 10.1. The van der Waals surface area contributed by atoms with Crippen molar-refractivity contribution in [3.63, 3.8) is 0 Å². The van der Waals surface area contributed by atoms with Crippen LogP contribution in [0.1, 0.15) is 25.0 Å². The summed E-state index contributed by atoms with van der Waals surface area (Å²) in [5.74, 6) is 5.21. The van der Waals surface area contributed by atoms with Gasteiger partial charge in [-0.2, -0.15) is 4.31 Å². The Morgan fingerprint density at radius 2 is 1.89 bits per heavy atom. The quantitative estimate of drug-likeness (QED) is 0.848. The van der Waals surface area contributed by atoms with E-state index in [4.69, 9.17) is 5.11 Å². The van der Waals surface area contributed by atoms with E-state index in [-0.39, 0.29) is 11.5 Å². The van der Waals surface area contributed by atoms with Gasteiger partial charge in [0, 0.05) is 18.7 Å². The molecule has 104 valence electrons. The number of rotatable bonds is 4. The van der Waals surface area contributed by atoms with Gasteiger partial charge in [0.2, 0.25) is 10.0 Å². The molecule has 0 atom stereocenters. The van der Waals surface area contributed by atoms with Crippen LogP contribution in [0.25, 0.3) is 0 Å². The summed E-state index contributed by atoms with van der Waals surface area (Å²) in [7, 11) is -3.53. The Bertz CT molecular complexity index is 593. The number of hydrogen-bond acceptors (Lipinski definition) is 3. The number of aliphatic hydroxyl groups excluding tert-OH is 1. The van der Waals surface area contributed by atoms with Crippen LogP contribution < -0.4 is 0 Å². The van der Waals surface area contributed by atoms with Gasteiger partial charge >= 0.3 is 0 Å². The summed E-state index contributed by atoms with van der Waals surface area (Å²) < 4.78 is 26.4. The van der Waals surface area contributed by atoms with Crippen LogP contribution in [0, 0.1) is 18.8 Å². The Balaban J connectivity index is 3.41. The van der Waals surface area contributed by atoms with Gasteiger partial charge in [-0.3, -0.25) is 0 Å². The summed E-state index contributed by atoms with van der Waals surface area (Å²) in [6, 6.07) is 5.05. The SMILES string of the molecule is CCN(CC)S(=O)(=O)c1ccc(C)cc1C#CCO. The fourth-order valence-corrected chi connectivity index (χ4v) is 3.39. The van der Waals surface area contributed by atoms with E-state index in [2.05, 4.69) is 11.8 Å². The molecule has 0 saturated heterocycles. The van der Waals surface area contributed by atoms with Crippen molar-refractivity contribution in [2.75, 3.05) is 19.7 Å². The van der Waals surface area contributed by atoms with E-state index in [0.717, 1.165) is 5.56 Å². The first kappa shape index (κ1) is 15.7. The summed E-state index contributed by atoms with van der Waals surface area (Å²) in [6.45, 7) is 6.01. The number of aryl methyl sites for hydroxylation is 1. The van der Waals surface area contributed by atoms with Crippen molar-refractivity contribution < 1.29 is 13.5 Å². The van der Waals surface area contributed by atoms with Gasteiger partial charge in [-0.1, -0.05) is 31.8 Å². The molecule has 0 heterocycles. The number of aliphatic hydroxyl groups is 1. The molecule has 1 N–H and O–H groups in total. The third kappa shape index (κ3) is 3.57. The first-order chi connectivity index (χ1) is 8.97. The highest BCUT2D eigenvalue weighted by atomic mass is 32.2. The predicted molar refractivity (Wildman–Crippen MR) is 75.2 cm³/mol. The monoisotopic (exact) mass is 281 g/mol. The largest absolute Gasteiger partial charge is 0.384 e. The van der Waals surface area contributed by atoms with Crippen molar-refractivity contribution in [1.82, 2.24) is 4.31 Å². The summed E-state index contributed by atoms with van der Waals surface area (Å²) in [4.78, 5) is 0.197. The molecule has 19 heavy (non-hydrogen) atoms. The normalized spacial score (nSPS) is 11.2. The molecule has 0 spiro atoms. The van der Waals surface area contributed by atoms with Gasteiger partial charge in [0.05, 0.1) is 4.90 Å². The summed E-state index contributed by atoms with van der Waals surface area (Å²) in [5, 5.41) is 8.76. The van der Waals surface area contributed by atoms with Gasteiger partial charge in [-0.15, -0.1) is 0 Å². The van der Waals surface area contributed by atoms with Gasteiger partial charge in [-0.25, -0.2) is 8.42 Å². The van der Waals surface area contributed by atoms with Gasteiger partial charge in [0.1, 0.15) is 6.61 Å². The maximum Gasteiger partial charge on any atom is 0.244 e. The maximum absolute atomic E-state index is 12.5. The van der Waals surface area contributed by atoms with Gasteiger partial charge in [-0.05, 0) is 24.6 Å². The van der Waals surface area contributed by atoms with Crippen LogP contribution >= 0.6 is 0 Å². The summed E-state index contributed by atoms with van der Waals surface area (Å²) in [6.07, 6.45) is 0. The highest BCUT2D eigenvalue weighted by Crippen LogP contribution is 2.20. The Hall–Kier alpha value is -1.35. The van der Waals surface area contributed by atoms with Crippen molar-refractivity contribution in [3.05, 3.63) is 29.3 Å². The molecule has 0 aliphatic carbocycles. The Kier molecular flexibility index (Phi) is 5.55. The minimum absolute atomic E-state index is 0.197.